The number of rotatable bonds is 4. The average Bonchev–Trinajstić information content (AvgIpc) is 2.47. The Bertz CT molecular complexity index is 534. The number of nitrogens with zero attached hydrogens (tertiary/aromatic N) is 1. The zero-order chi connectivity index (χ0) is 23.3. The summed E-state index contributed by atoms with van der Waals surface area (Å²) >= 11 is 5.22. The number of halogens is 2. The van der Waals surface area contributed by atoms with Gasteiger partial charge in [0.25, 0.3) is 0 Å². The number of hydrogen-bond donors (Lipinski definition) is 0. The maximum absolute atomic E-state index is 5.16. The van der Waals surface area contributed by atoms with E-state index >= 15 is 0 Å². The Kier molecular flexibility index (Phi) is 15.9. The Morgan fingerprint density at radius 3 is 1.10 bits per heavy atom. The van der Waals surface area contributed by atoms with E-state index in [1.165, 1.54) is 23.7 Å². The fourth-order valence-electron chi connectivity index (χ4n) is 4.40. The molecule has 0 unspecified atom stereocenters. The Balaban J connectivity index is 0. The normalized spacial score (nSPS) is 13.1. The molecule has 30 heavy (non-hydrogen) atoms. The van der Waals surface area contributed by atoms with Gasteiger partial charge < -0.3 is 7.43 Å². The third-order valence-electron chi connectivity index (χ3n) is 5.20. The summed E-state index contributed by atoms with van der Waals surface area (Å²) in [6.07, 6.45) is 2.33. The summed E-state index contributed by atoms with van der Waals surface area (Å²) in [6, 6.07) is 6.76. The molecule has 1 heterocycles. The fraction of sp³-hybridized carbons (Fsp3) is 0.750. The van der Waals surface area contributed by atoms with E-state index in [1.54, 1.807) is 0 Å². The van der Waals surface area contributed by atoms with Gasteiger partial charge in [-0.1, -0.05) is 6.07 Å². The molecule has 1 nitrogen and oxygen atoms in total. The van der Waals surface area contributed by atoms with E-state index in [0.717, 1.165) is 0 Å². The summed E-state index contributed by atoms with van der Waals surface area (Å²) in [5.74, 6) is 0. The average molecular weight is 762 g/mol. The van der Waals surface area contributed by atoms with Crippen LogP contribution in [0.5, 0.6) is 0 Å². The van der Waals surface area contributed by atoms with Gasteiger partial charge in [0.2, 0.25) is 0 Å². The summed E-state index contributed by atoms with van der Waals surface area (Å²) in [5.41, 5.74) is 2.62. The first kappa shape index (κ1) is 34.3. The molecule has 1 rings (SSSR count). The van der Waals surface area contributed by atoms with E-state index in [9.17, 15) is 0 Å². The van der Waals surface area contributed by atoms with E-state index in [4.69, 9.17) is 4.98 Å². The number of aromatic nitrogens is 1. The van der Waals surface area contributed by atoms with Crippen molar-refractivity contribution in [3.63, 3.8) is 0 Å². The monoisotopic (exact) mass is 764 g/mol. The minimum absolute atomic E-state index is 0. The van der Waals surface area contributed by atoms with Crippen molar-refractivity contribution in [2.24, 2.45) is 0 Å². The molecule has 0 atom stereocenters. The van der Waals surface area contributed by atoms with E-state index in [2.05, 4.69) is 140 Å². The molecule has 0 aliphatic heterocycles. The molecule has 0 fully saturated rings. The molecule has 0 aliphatic carbocycles. The van der Waals surface area contributed by atoms with Crippen molar-refractivity contribution in [1.29, 1.82) is 0 Å². The van der Waals surface area contributed by atoms with Gasteiger partial charge in [-0.2, -0.15) is 0 Å². The van der Waals surface area contributed by atoms with Crippen molar-refractivity contribution >= 4 is 54.5 Å². The van der Waals surface area contributed by atoms with Crippen LogP contribution in [-0.4, -0.2) is 25.6 Å². The van der Waals surface area contributed by atoms with Gasteiger partial charge in [0, 0.05) is 15.8 Å². The molecule has 0 saturated heterocycles. The molecule has 1 aromatic heterocycles. The van der Waals surface area contributed by atoms with Crippen LogP contribution in [-0.2, 0) is 23.5 Å². The number of hydrogen-bond acceptors (Lipinski definition) is 1. The van der Waals surface area contributed by atoms with Crippen LogP contribution in [0.2, 0.25) is 0 Å². The molecular formula is C24H48I2MoNP2+. The van der Waals surface area contributed by atoms with Gasteiger partial charge in [-0.3, -0.25) is 4.98 Å². The number of pyridine rings is 1. The van der Waals surface area contributed by atoms with Crippen LogP contribution in [0.15, 0.2) is 18.2 Å². The maximum atomic E-state index is 5.16. The molecule has 6 heteroatoms. The zero-order valence-electron chi connectivity index (χ0n) is 21.8. The molecular weight excluding hydrogens is 714 g/mol. The van der Waals surface area contributed by atoms with Gasteiger partial charge in [0.1, 0.15) is 0 Å². The van der Waals surface area contributed by atoms with Crippen LogP contribution >= 0.6 is 54.5 Å². The van der Waals surface area contributed by atoms with E-state index in [1.807, 2.05) is 0 Å². The van der Waals surface area contributed by atoms with Gasteiger partial charge in [0.05, 0.1) is 44.3 Å². The predicted octanol–water partition coefficient (Wildman–Crippen LogP) is 9.92. The Morgan fingerprint density at radius 2 is 0.900 bits per heavy atom. The van der Waals surface area contributed by atoms with Crippen molar-refractivity contribution in [3.05, 3.63) is 37.0 Å². The van der Waals surface area contributed by atoms with Crippen LogP contribution in [0, 0.1) is 7.43 Å². The van der Waals surface area contributed by atoms with Gasteiger partial charge in [-0.15, -0.1) is 0 Å². The molecule has 178 valence electrons. The quantitative estimate of drug-likeness (QED) is 0.129. The zero-order valence-corrected chi connectivity index (χ0v) is 30.1. The van der Waals surface area contributed by atoms with Crippen LogP contribution in [0.25, 0.3) is 0 Å². The molecule has 0 spiro atoms. The first-order chi connectivity index (χ1) is 12.8. The van der Waals surface area contributed by atoms with Crippen molar-refractivity contribution < 1.29 is 11.2 Å². The standard InChI is InChI=1S/C23H43NP2.CH3.2HI.Mo/c1-20(2,3)25(21(4,5)6)16-18-14-13-15-19(24-18)17-26(22(7,8)9)23(10,11)12;;;;/h13-15H,16-17H2,1-12H3;1H3;2*1H;/q;-1;;;+2. The van der Waals surface area contributed by atoms with Crippen molar-refractivity contribution in [2.45, 2.75) is 116 Å². The Morgan fingerprint density at radius 1 is 0.667 bits per heavy atom. The molecule has 0 bridgehead atoms. The molecule has 0 aromatic carbocycles. The van der Waals surface area contributed by atoms with Crippen LogP contribution in [0.1, 0.15) is 94.5 Å². The molecule has 0 amide bonds. The second kappa shape index (κ2) is 13.9. The van der Waals surface area contributed by atoms with Crippen LogP contribution < -0.4 is 0 Å². The molecule has 0 aliphatic rings. The summed E-state index contributed by atoms with van der Waals surface area (Å²) < 4.78 is 0. The van der Waals surface area contributed by atoms with Gasteiger partial charge in [-0.05, 0) is 95.2 Å². The van der Waals surface area contributed by atoms with Gasteiger partial charge in [0.15, 0.2) is 0 Å². The van der Waals surface area contributed by atoms with E-state index in [0.29, 0.717) is 31.8 Å². The second-order valence-corrected chi connectivity index (χ2v) is 36.1. The minimum atomic E-state index is -0.583. The first-order valence-corrected chi connectivity index (χ1v) is 25.8. The Hall–Kier alpha value is 2.16. The van der Waals surface area contributed by atoms with E-state index in [-0.39, 0.29) is 7.43 Å². The topological polar surface area (TPSA) is 12.9 Å². The second-order valence-electron chi connectivity index (χ2n) is 12.0. The summed E-state index contributed by atoms with van der Waals surface area (Å²) in [7, 11) is -1.17. The van der Waals surface area contributed by atoms with Gasteiger partial charge >= 0.3 is 49.9 Å². The SMILES string of the molecule is CC(C)(C)[PH+](Cc1cccc(C[PH+](C(C)(C)C)C(C)(C)C)n1)C(C)(C)C.[CH3-].[I][Mo][I]. The third kappa shape index (κ3) is 13.1. The van der Waals surface area contributed by atoms with E-state index < -0.39 is 15.8 Å². The first-order valence-electron chi connectivity index (χ1n) is 10.4. The molecule has 1 aromatic rings. The Labute approximate surface area is 221 Å². The third-order valence-corrected chi connectivity index (χ3v) is 13.9. The van der Waals surface area contributed by atoms with Crippen LogP contribution in [0.4, 0.5) is 0 Å². The molecule has 0 N–H and O–H groups in total. The van der Waals surface area contributed by atoms with Gasteiger partial charge in [-0.25, -0.2) is 0 Å². The molecule has 0 radical (unpaired) electrons. The fourth-order valence-corrected chi connectivity index (χ4v) is 12.1. The van der Waals surface area contributed by atoms with Crippen molar-refractivity contribution in [2.75, 3.05) is 0 Å². The van der Waals surface area contributed by atoms with Crippen LogP contribution in [0.3, 0.4) is 0 Å². The van der Waals surface area contributed by atoms with Crippen molar-refractivity contribution in [1.82, 2.24) is 4.98 Å². The summed E-state index contributed by atoms with van der Waals surface area (Å²) in [6.45, 7) is 29.0. The molecule has 0 saturated carbocycles. The van der Waals surface area contributed by atoms with Crippen molar-refractivity contribution in [3.8, 4) is 0 Å². The summed E-state index contributed by atoms with van der Waals surface area (Å²) in [4.78, 5) is 5.16. The predicted molar refractivity (Wildman–Crippen MR) is 162 cm³/mol. The summed E-state index contributed by atoms with van der Waals surface area (Å²) in [5, 5.41) is 1.53.